The lowest BCUT2D eigenvalue weighted by molar-refractivity contribution is -0.745. The molecule has 8 rings (SSSR count). The van der Waals surface area contributed by atoms with Gasteiger partial charge in [0.1, 0.15) is 54.6 Å². The van der Waals surface area contributed by atoms with E-state index < -0.39 is 140 Å². The van der Waals surface area contributed by atoms with E-state index in [2.05, 4.69) is 33.5 Å². The molecule has 0 spiro atoms. The maximum atomic E-state index is 13.5. The predicted octanol–water partition coefficient (Wildman–Crippen LogP) is -4.10. The van der Waals surface area contributed by atoms with Crippen LogP contribution in [0.1, 0.15) is 25.1 Å². The summed E-state index contributed by atoms with van der Waals surface area (Å²) >= 11 is 4.92. The van der Waals surface area contributed by atoms with Crippen LogP contribution >= 0.6 is 30.2 Å². The second-order valence-corrected chi connectivity index (χ2v) is 24.0. The number of nitrogen functional groups attached to an aromatic ring is 2. The summed E-state index contributed by atoms with van der Waals surface area (Å²) in [5, 5.41) is 32.7. The lowest BCUT2D eigenvalue weighted by atomic mass is 9.95. The number of phosphoric ester groups is 2. The molecular weight excluding hydrogens is 1120 g/mol. The summed E-state index contributed by atoms with van der Waals surface area (Å²) in [6.07, 6.45) is -12.8. The Morgan fingerprint density at radius 1 is 0.853 bits per heavy atom. The van der Waals surface area contributed by atoms with Crippen LogP contribution in [0.15, 0.2) is 45.6 Å². The van der Waals surface area contributed by atoms with E-state index in [0.717, 1.165) is 36.6 Å². The minimum absolute atomic E-state index is 0.0142. The van der Waals surface area contributed by atoms with E-state index in [0.29, 0.717) is 0 Å². The molecule has 12 N–H and O–H groups in total. The molecule has 75 heavy (non-hydrogen) atoms. The van der Waals surface area contributed by atoms with Crippen molar-refractivity contribution in [1.82, 2.24) is 43.6 Å². The molecule has 5 aromatic heterocycles. The normalized spacial score (nSPS) is 30.4. The van der Waals surface area contributed by atoms with Crippen LogP contribution in [0.25, 0.3) is 22.3 Å². The SMILES string of the molecule is COCC[C@H]1[C@@H](O)[C@H]([n+]2cn(C)c3c(=O)[nH]c(N)nc32)O[C@@H]1COP(O)(=S)OP(=O)(O)OP(=O)(O)OC[C@H]1O[C@@H](n2cnc3c(N)ncnc32)[C@H](OC)[C@@H]1OP(=O)([O-])OC[C@H]1O[C@@H](n2ccc(=O)[nH]c2=O)[C@H](O)[C@@H]1O. The molecule has 3 aliphatic heterocycles. The van der Waals surface area contributed by atoms with Crippen molar-refractivity contribution in [2.24, 2.45) is 13.0 Å². The number of aliphatic hydroxyl groups excluding tert-OH is 3. The van der Waals surface area contributed by atoms with Gasteiger partial charge in [-0.15, -0.1) is 0 Å². The van der Waals surface area contributed by atoms with Crippen LogP contribution in [-0.4, -0.2) is 163 Å². The van der Waals surface area contributed by atoms with Gasteiger partial charge in [0.25, 0.3) is 24.9 Å². The van der Waals surface area contributed by atoms with E-state index in [4.69, 9.17) is 65.1 Å². The molecule has 36 nitrogen and oxygen atoms in total. The largest absolute Gasteiger partial charge is 0.756 e. The van der Waals surface area contributed by atoms with Gasteiger partial charge in [-0.05, 0) is 18.2 Å². The highest BCUT2D eigenvalue weighted by Gasteiger charge is 2.52. The van der Waals surface area contributed by atoms with Crippen molar-refractivity contribution in [2.75, 3.05) is 52.1 Å². The second kappa shape index (κ2) is 22.3. The molecule has 0 saturated carbocycles. The van der Waals surface area contributed by atoms with Crippen molar-refractivity contribution >= 4 is 76.1 Å². The third-order valence-electron chi connectivity index (χ3n) is 11.8. The molecule has 5 aromatic rings. The number of hydrogen-bond acceptors (Lipinski definition) is 28. The summed E-state index contributed by atoms with van der Waals surface area (Å²) in [6.45, 7) is -7.90. The molecule has 41 heteroatoms. The van der Waals surface area contributed by atoms with Gasteiger partial charge < -0.3 is 83.6 Å². The molecule has 0 aromatic carbocycles. The monoisotopic (exact) mass is 1160 g/mol. The fraction of sp³-hybridized carbons (Fsp3) is 0.588. The number of fused-ring (bicyclic) bond motifs is 2. The molecule has 8 heterocycles. The standard InChI is InChI=1S/C34H48N12O24P4S/c1-43-13-46(28-20(43)29(51)42-33(36)41-28)30-21(48)14(5-7-60-2)15(65-30)8-64-74(59,75)70-73(57,58)69-72(55,56)63-10-17-24(25(61-3)32(67-17)45-12-39-19-26(35)37-11-38-27(19)45)68-71(53,54)62-9-16-22(49)23(50)31(66-16)44-6-4-18(47)40-34(44)52/h4,6,11-17,21-25,30-32,48-50H,5,7-10H2,1-3H3,(H9-,35,36,37,38,40,41,42,47,51,52,53,54,55,56,57,58,59,75)/t14-,15-,16-,17-,21-,22-,23-,24-,25-,30-,31-,32-,74?/m1/s1. The number of aromatic amines is 2. The zero-order chi connectivity index (χ0) is 54.5. The van der Waals surface area contributed by atoms with Crippen LogP contribution in [0.2, 0.25) is 0 Å². The van der Waals surface area contributed by atoms with Crippen LogP contribution in [-0.2, 0) is 83.0 Å². The van der Waals surface area contributed by atoms with Crippen LogP contribution in [0.4, 0.5) is 11.8 Å². The first-order valence-electron chi connectivity index (χ1n) is 21.6. The van der Waals surface area contributed by atoms with E-state index in [1.165, 1.54) is 34.2 Å². The van der Waals surface area contributed by atoms with Crippen molar-refractivity contribution in [1.29, 1.82) is 0 Å². The quantitative estimate of drug-likeness (QED) is 0.0233. The minimum atomic E-state index is -5.98. The average molecular weight is 1160 g/mol. The number of nitrogens with zero attached hydrogens (tertiary/aromatic N) is 8. The zero-order valence-electron chi connectivity index (χ0n) is 38.8. The van der Waals surface area contributed by atoms with Gasteiger partial charge in [-0.25, -0.2) is 37.8 Å². The highest BCUT2D eigenvalue weighted by Crippen LogP contribution is 2.68. The molecule has 3 aliphatic rings. The van der Waals surface area contributed by atoms with Crippen molar-refractivity contribution in [3.63, 3.8) is 0 Å². The molecule has 0 bridgehead atoms. The van der Waals surface area contributed by atoms with Crippen molar-refractivity contribution in [3.05, 3.63) is 62.4 Å². The van der Waals surface area contributed by atoms with E-state index in [-0.39, 0.29) is 47.1 Å². The molecule has 3 fully saturated rings. The molecule has 0 radical (unpaired) electrons. The number of aliphatic hydroxyl groups is 3. The summed E-state index contributed by atoms with van der Waals surface area (Å²) in [5.74, 6) is -1.17. The van der Waals surface area contributed by atoms with E-state index >= 15 is 0 Å². The summed E-state index contributed by atoms with van der Waals surface area (Å²) in [7, 11) is -13.5. The second-order valence-electron chi connectivity index (χ2n) is 16.6. The third kappa shape index (κ3) is 12.4. The highest BCUT2D eigenvalue weighted by atomic mass is 32.5. The van der Waals surface area contributed by atoms with Gasteiger partial charge in [-0.3, -0.25) is 42.3 Å². The van der Waals surface area contributed by atoms with Gasteiger partial charge in [0.15, 0.2) is 30.2 Å². The summed E-state index contributed by atoms with van der Waals surface area (Å²) in [6, 6.07) is 0.925. The van der Waals surface area contributed by atoms with E-state index in [1.807, 2.05) is 4.98 Å². The van der Waals surface area contributed by atoms with Gasteiger partial charge in [-0.1, -0.05) is 4.98 Å². The van der Waals surface area contributed by atoms with E-state index in [1.54, 1.807) is 0 Å². The van der Waals surface area contributed by atoms with Crippen LogP contribution in [0, 0.1) is 5.92 Å². The number of rotatable bonds is 22. The molecule has 0 aliphatic carbocycles. The number of nitrogens with two attached hydrogens (primary N) is 2. The highest BCUT2D eigenvalue weighted by molar-refractivity contribution is 8.08. The first-order valence-corrected chi connectivity index (χ1v) is 28.6. The average Bonchev–Trinajstić information content (AvgIpc) is 4.12. The Bertz CT molecular complexity index is 3290. The Morgan fingerprint density at radius 2 is 1.56 bits per heavy atom. The maximum Gasteiger partial charge on any atom is 0.488 e. The lowest BCUT2D eigenvalue weighted by Crippen LogP contribution is -2.45. The Balaban J connectivity index is 0.942. The van der Waals surface area contributed by atoms with Crippen molar-refractivity contribution in [3.8, 4) is 0 Å². The summed E-state index contributed by atoms with van der Waals surface area (Å²) in [4.78, 5) is 103. The molecule has 0 amide bonds. The number of nitrogens with one attached hydrogen (secondary N) is 2. The number of imidazole rings is 2. The summed E-state index contributed by atoms with van der Waals surface area (Å²) in [5.41, 5.74) is 9.47. The van der Waals surface area contributed by atoms with Gasteiger partial charge >= 0.3 is 33.7 Å². The Kier molecular flexibility index (Phi) is 16.9. The maximum absolute atomic E-state index is 13.5. The topological polar surface area (TPSA) is 502 Å². The van der Waals surface area contributed by atoms with Gasteiger partial charge in [0, 0.05) is 39.0 Å². The smallest absolute Gasteiger partial charge is 0.488 e. The molecule has 3 saturated heterocycles. The Labute approximate surface area is 423 Å². The van der Waals surface area contributed by atoms with Crippen molar-refractivity contribution in [2.45, 2.75) is 73.9 Å². The van der Waals surface area contributed by atoms with Crippen LogP contribution in [0.5, 0.6) is 0 Å². The van der Waals surface area contributed by atoms with Gasteiger partial charge in [0.2, 0.25) is 11.7 Å². The van der Waals surface area contributed by atoms with E-state index in [9.17, 15) is 63.0 Å². The van der Waals surface area contributed by atoms with Gasteiger partial charge in [-0.2, -0.15) is 4.31 Å². The number of methoxy groups -OCH3 is 2. The number of aromatic nitrogens is 10. The van der Waals surface area contributed by atoms with Crippen LogP contribution in [0.3, 0.4) is 0 Å². The minimum Gasteiger partial charge on any atom is -0.756 e. The Hall–Kier alpha value is -4.20. The molecule has 414 valence electrons. The summed E-state index contributed by atoms with van der Waals surface area (Å²) < 4.78 is 103. The first-order chi connectivity index (χ1) is 35.2. The zero-order valence-corrected chi connectivity index (χ0v) is 43.2. The fourth-order valence-corrected chi connectivity index (χ4v) is 13.9. The lowest BCUT2D eigenvalue weighted by Gasteiger charge is -2.31. The number of hydrogen-bond donors (Lipinski definition) is 10. The fourth-order valence-electron chi connectivity index (χ4n) is 8.48. The van der Waals surface area contributed by atoms with Crippen LogP contribution < -0.4 is 37.7 Å². The third-order valence-corrected chi connectivity index (χ3v) is 17.9. The van der Waals surface area contributed by atoms with Crippen molar-refractivity contribution < 1.29 is 104 Å². The molecule has 4 unspecified atom stereocenters. The number of H-pyrrole nitrogens is 2. The first kappa shape index (κ1) is 57.0. The Morgan fingerprint density at radius 3 is 2.27 bits per heavy atom. The molecule has 16 atom stereocenters. The number of anilines is 2. The predicted molar refractivity (Wildman–Crippen MR) is 246 cm³/mol. The number of aryl methyl sites for hydroxylation is 1. The molecular formula is C34H48N12O24P4S. The van der Waals surface area contributed by atoms with Gasteiger partial charge in [0.05, 0.1) is 39.3 Å². The number of ether oxygens (including phenoxy) is 5. The number of phosphoric acid groups is 3.